The zero-order valence-corrected chi connectivity index (χ0v) is 35.0. The van der Waals surface area contributed by atoms with E-state index in [4.69, 9.17) is 42.6 Å². The van der Waals surface area contributed by atoms with Crippen LogP contribution in [0.2, 0.25) is 0 Å². The fourth-order valence-electron chi connectivity index (χ4n) is 8.17. The summed E-state index contributed by atoms with van der Waals surface area (Å²) in [6.07, 6.45) is -39.6. The van der Waals surface area contributed by atoms with Gasteiger partial charge in [0.05, 0.1) is 32.5 Å². The zero-order valence-electron chi connectivity index (χ0n) is 35.0. The van der Waals surface area contributed by atoms with Crippen molar-refractivity contribution >= 4 is 17.7 Å². The standard InChI is InChI=1S/C36H61N3O25/c1-9-20(47)25(52)26(53)35(56-9)63-30-19(39-12(4)46)34(62-29-18(38-11(3)45)32(55)57-14(6-41)22(29)49)60-16(8-43)28(30)61-36-27(54)31(23(50)15(7-42)59-36)64-33-17(37-10(2)44)24(51)21(48)13(5-40)58-33/h9,13-36,40-43,47-55H,5-8H2,1-4H3,(H,37,44)(H,38,45)(H,39,46)/t9-,13+,14+,15+,16+,17+,18+,19+,20+,21+,22-,23-,24+,25+,26-,27+,28+,29+,30+,31-,32-,33-,34-,35-,36-/m0/s1. The van der Waals surface area contributed by atoms with Crippen molar-refractivity contribution in [3.05, 3.63) is 0 Å². The molecular formula is C36H61N3O25. The largest absolute Gasteiger partial charge is 0.394 e. The first-order valence-electron chi connectivity index (χ1n) is 20.4. The number of aliphatic hydroxyl groups is 13. The van der Waals surface area contributed by atoms with Gasteiger partial charge in [-0.3, -0.25) is 14.4 Å². The number of aliphatic hydroxyl groups excluding tert-OH is 13. The van der Waals surface area contributed by atoms with Crippen LogP contribution in [0.5, 0.6) is 0 Å². The van der Waals surface area contributed by atoms with Gasteiger partial charge in [0.15, 0.2) is 31.5 Å². The molecule has 0 aromatic rings. The quantitative estimate of drug-likeness (QED) is 0.0725. The number of carbonyl (C=O) groups is 3. The maximum Gasteiger partial charge on any atom is 0.217 e. The van der Waals surface area contributed by atoms with Gasteiger partial charge in [-0.05, 0) is 6.92 Å². The Hall–Kier alpha value is -2.47. The minimum Gasteiger partial charge on any atom is -0.394 e. The van der Waals surface area contributed by atoms with Crippen LogP contribution in [0.1, 0.15) is 27.7 Å². The van der Waals surface area contributed by atoms with Crippen LogP contribution in [0.4, 0.5) is 0 Å². The number of hydrogen-bond acceptors (Lipinski definition) is 25. The Balaban J connectivity index is 1.54. The third-order valence-electron chi connectivity index (χ3n) is 11.5. The highest BCUT2D eigenvalue weighted by molar-refractivity contribution is 5.74. The number of amides is 3. The normalized spacial score (nSPS) is 47.7. The van der Waals surface area contributed by atoms with Crippen LogP contribution in [0.15, 0.2) is 0 Å². The molecule has 5 rings (SSSR count). The molecule has 3 amide bonds. The molecule has 0 aromatic heterocycles. The highest BCUT2D eigenvalue weighted by atomic mass is 16.8. The third kappa shape index (κ3) is 11.4. The minimum atomic E-state index is -2.16. The average Bonchev–Trinajstić information content (AvgIpc) is 3.24. The molecule has 0 aromatic carbocycles. The number of nitrogens with one attached hydrogen (secondary N) is 3. The summed E-state index contributed by atoms with van der Waals surface area (Å²) in [5.74, 6) is -2.30. The van der Waals surface area contributed by atoms with E-state index in [0.717, 1.165) is 20.8 Å². The molecule has 25 atom stereocenters. The van der Waals surface area contributed by atoms with Crippen LogP contribution in [-0.4, -0.2) is 264 Å². The Labute approximate surface area is 364 Å². The lowest BCUT2D eigenvalue weighted by Crippen LogP contribution is -2.72. The summed E-state index contributed by atoms with van der Waals surface area (Å²) in [4.78, 5) is 37.2. The van der Waals surface area contributed by atoms with Gasteiger partial charge in [-0.15, -0.1) is 0 Å². The van der Waals surface area contributed by atoms with E-state index < -0.39 is 197 Å². The van der Waals surface area contributed by atoms with Gasteiger partial charge in [-0.25, -0.2) is 0 Å². The molecule has 0 unspecified atom stereocenters. The molecule has 0 radical (unpaired) electrons. The highest BCUT2D eigenvalue weighted by Gasteiger charge is 2.58. The number of hydrogen-bond donors (Lipinski definition) is 16. The van der Waals surface area contributed by atoms with Gasteiger partial charge in [-0.1, -0.05) is 0 Å². The van der Waals surface area contributed by atoms with E-state index in [0.29, 0.717) is 0 Å². The Morgan fingerprint density at radius 2 is 0.828 bits per heavy atom. The molecule has 5 heterocycles. The number of rotatable bonds is 15. The molecular weight excluding hydrogens is 874 g/mol. The first-order chi connectivity index (χ1) is 30.2. The topological polar surface area (TPSA) is 433 Å². The highest BCUT2D eigenvalue weighted by Crippen LogP contribution is 2.37. The van der Waals surface area contributed by atoms with Gasteiger partial charge in [0.1, 0.15) is 116 Å². The smallest absolute Gasteiger partial charge is 0.217 e. The number of ether oxygens (including phenoxy) is 9. The predicted octanol–water partition coefficient (Wildman–Crippen LogP) is -10.5. The summed E-state index contributed by atoms with van der Waals surface area (Å²) in [5.41, 5.74) is 0. The van der Waals surface area contributed by atoms with Gasteiger partial charge in [0.25, 0.3) is 0 Å². The molecule has 28 nitrogen and oxygen atoms in total. The molecule has 370 valence electrons. The van der Waals surface area contributed by atoms with Crippen LogP contribution in [-0.2, 0) is 57.0 Å². The molecule has 0 aliphatic carbocycles. The Morgan fingerprint density at radius 3 is 1.41 bits per heavy atom. The molecule has 5 aliphatic rings. The van der Waals surface area contributed by atoms with Crippen molar-refractivity contribution in [2.45, 2.75) is 181 Å². The van der Waals surface area contributed by atoms with E-state index in [-0.39, 0.29) is 0 Å². The van der Waals surface area contributed by atoms with Crippen LogP contribution >= 0.6 is 0 Å². The van der Waals surface area contributed by atoms with Crippen LogP contribution in [0, 0.1) is 0 Å². The molecule has 16 N–H and O–H groups in total. The zero-order chi connectivity index (χ0) is 47.5. The van der Waals surface area contributed by atoms with E-state index in [1.807, 2.05) is 0 Å². The second-order valence-electron chi connectivity index (χ2n) is 16.1. The second-order valence-corrected chi connectivity index (χ2v) is 16.1. The van der Waals surface area contributed by atoms with Crippen molar-refractivity contribution in [1.82, 2.24) is 16.0 Å². The Bertz CT molecular complexity index is 1540. The van der Waals surface area contributed by atoms with Gasteiger partial charge >= 0.3 is 0 Å². The molecule has 5 aliphatic heterocycles. The summed E-state index contributed by atoms with van der Waals surface area (Å²) in [6, 6.07) is -4.88. The van der Waals surface area contributed by atoms with E-state index in [9.17, 15) is 80.8 Å². The summed E-state index contributed by atoms with van der Waals surface area (Å²) in [7, 11) is 0. The SMILES string of the molecule is CC(=O)N[C@@H]1[C@@H](O[C@@H]2O[C@H](CO)[C@@H](O[C@@H]3O[C@H](CO)[C@H](O)[C@H](O[C@@H]4O[C@H](CO)[C@@H](O)[C@H](O)[C@H]4NC(C)=O)[C@H]3O)[C@H](O[C@@H]3O[C@@H](C)[C@@H](O)[C@@H](O)[C@@H]3O)[C@H]2NC(C)=O)[C@@H](O)[C@@H](CO)O[C@@H]1O. The molecule has 0 saturated carbocycles. The third-order valence-corrected chi connectivity index (χ3v) is 11.5. The average molecular weight is 936 g/mol. The van der Waals surface area contributed by atoms with Crippen molar-refractivity contribution in [2.24, 2.45) is 0 Å². The van der Waals surface area contributed by atoms with Crippen LogP contribution in [0.25, 0.3) is 0 Å². The van der Waals surface area contributed by atoms with Gasteiger partial charge in [-0.2, -0.15) is 0 Å². The van der Waals surface area contributed by atoms with Crippen LogP contribution in [0.3, 0.4) is 0 Å². The van der Waals surface area contributed by atoms with Crippen molar-refractivity contribution in [2.75, 3.05) is 26.4 Å². The summed E-state index contributed by atoms with van der Waals surface area (Å²) < 4.78 is 52.7. The van der Waals surface area contributed by atoms with Crippen molar-refractivity contribution in [3.8, 4) is 0 Å². The van der Waals surface area contributed by atoms with Gasteiger partial charge in [0.2, 0.25) is 17.7 Å². The Morgan fingerprint density at radius 1 is 0.406 bits per heavy atom. The van der Waals surface area contributed by atoms with Gasteiger partial charge in [0, 0.05) is 20.8 Å². The van der Waals surface area contributed by atoms with Crippen molar-refractivity contribution in [3.63, 3.8) is 0 Å². The summed E-state index contributed by atoms with van der Waals surface area (Å²) in [5, 5.41) is 146. The lowest BCUT2D eigenvalue weighted by Gasteiger charge is -2.52. The minimum absolute atomic E-state index is 0.734. The van der Waals surface area contributed by atoms with Crippen LogP contribution < -0.4 is 16.0 Å². The fourth-order valence-corrected chi connectivity index (χ4v) is 8.17. The molecule has 64 heavy (non-hydrogen) atoms. The van der Waals surface area contributed by atoms with E-state index in [1.54, 1.807) is 0 Å². The second kappa shape index (κ2) is 22.6. The molecule has 5 fully saturated rings. The summed E-state index contributed by atoms with van der Waals surface area (Å²) >= 11 is 0. The Kier molecular flexibility index (Phi) is 18.5. The molecule has 0 bridgehead atoms. The lowest BCUT2D eigenvalue weighted by molar-refractivity contribution is -0.388. The lowest BCUT2D eigenvalue weighted by atomic mass is 9.93. The predicted molar refractivity (Wildman–Crippen MR) is 200 cm³/mol. The van der Waals surface area contributed by atoms with E-state index in [2.05, 4.69) is 16.0 Å². The van der Waals surface area contributed by atoms with E-state index in [1.165, 1.54) is 6.92 Å². The fraction of sp³-hybridized carbons (Fsp3) is 0.917. The first kappa shape index (κ1) is 52.5. The van der Waals surface area contributed by atoms with Crippen molar-refractivity contribution in [1.29, 1.82) is 0 Å². The monoisotopic (exact) mass is 935 g/mol. The molecule has 5 saturated heterocycles. The maximum absolute atomic E-state index is 12.9. The first-order valence-corrected chi connectivity index (χ1v) is 20.4. The van der Waals surface area contributed by atoms with E-state index >= 15 is 0 Å². The summed E-state index contributed by atoms with van der Waals surface area (Å²) in [6.45, 7) is 0.747. The molecule has 0 spiro atoms. The number of carbonyl (C=O) groups excluding carboxylic acids is 3. The van der Waals surface area contributed by atoms with Gasteiger partial charge < -0.3 is 125 Å². The maximum atomic E-state index is 12.9. The molecule has 28 heteroatoms. The van der Waals surface area contributed by atoms with Crippen molar-refractivity contribution < 1.29 is 123 Å².